The van der Waals surface area contributed by atoms with Gasteiger partial charge < -0.3 is 0 Å². The Morgan fingerprint density at radius 1 is 1.26 bits per heavy atom. The predicted molar refractivity (Wildman–Crippen MR) is 71.5 cm³/mol. The van der Waals surface area contributed by atoms with Crippen LogP contribution in [0, 0.1) is 0 Å². The summed E-state index contributed by atoms with van der Waals surface area (Å²) in [5.41, 5.74) is -1.19. The summed E-state index contributed by atoms with van der Waals surface area (Å²) in [6.07, 6.45) is -4.55. The molecule has 2 aromatic rings. The maximum Gasteiger partial charge on any atom is 0.417 e. The molecule has 0 atom stereocenters. The summed E-state index contributed by atoms with van der Waals surface area (Å²) in [5.74, 6) is -0.526. The molecule has 0 saturated heterocycles. The first-order valence-electron chi connectivity index (χ1n) is 5.30. The molecule has 0 N–H and O–H groups in total. The van der Waals surface area contributed by atoms with Crippen LogP contribution in [-0.2, 0) is 12.6 Å². The maximum absolute atomic E-state index is 12.9. The molecule has 0 amide bonds. The van der Waals surface area contributed by atoms with E-state index in [0.29, 0.717) is 4.47 Å². The van der Waals surface area contributed by atoms with Gasteiger partial charge in [0.15, 0.2) is 5.78 Å². The predicted octanol–water partition coefficient (Wildman–Crippen LogP) is 4.95. The Hall–Kier alpha value is -1.14. The molecule has 100 valence electrons. The number of hydrogen-bond donors (Lipinski definition) is 0. The van der Waals surface area contributed by atoms with E-state index < -0.39 is 17.5 Å². The summed E-state index contributed by atoms with van der Waals surface area (Å²) in [6, 6.07) is 7.08. The Morgan fingerprint density at radius 2 is 2.00 bits per heavy atom. The van der Waals surface area contributed by atoms with Gasteiger partial charge in [0.2, 0.25) is 0 Å². The van der Waals surface area contributed by atoms with E-state index in [4.69, 9.17) is 0 Å². The molecular weight excluding hydrogens is 341 g/mol. The van der Waals surface area contributed by atoms with Gasteiger partial charge in [-0.05, 0) is 29.6 Å². The number of rotatable bonds is 3. The van der Waals surface area contributed by atoms with Gasteiger partial charge >= 0.3 is 6.18 Å². The van der Waals surface area contributed by atoms with Gasteiger partial charge in [-0.15, -0.1) is 11.3 Å². The van der Waals surface area contributed by atoms with Crippen LogP contribution in [-0.4, -0.2) is 5.78 Å². The Morgan fingerprint density at radius 3 is 2.58 bits per heavy atom. The fourth-order valence-corrected chi connectivity index (χ4v) is 2.73. The molecule has 1 heterocycles. The second kappa shape index (κ2) is 5.46. The van der Waals surface area contributed by atoms with Crippen LogP contribution in [0.3, 0.4) is 0 Å². The summed E-state index contributed by atoms with van der Waals surface area (Å²) in [6.45, 7) is 0. The summed E-state index contributed by atoms with van der Waals surface area (Å²) >= 11 is 4.34. The van der Waals surface area contributed by atoms with E-state index in [1.165, 1.54) is 23.5 Å². The van der Waals surface area contributed by atoms with E-state index in [0.717, 1.165) is 10.9 Å². The number of benzene rings is 1. The van der Waals surface area contributed by atoms with Crippen molar-refractivity contribution in [1.29, 1.82) is 0 Å². The van der Waals surface area contributed by atoms with E-state index in [1.807, 2.05) is 0 Å². The first-order valence-corrected chi connectivity index (χ1v) is 6.97. The molecule has 1 aromatic carbocycles. The Bertz CT molecular complexity index is 590. The van der Waals surface area contributed by atoms with E-state index in [-0.39, 0.29) is 12.0 Å². The smallest absolute Gasteiger partial charge is 0.294 e. The fourth-order valence-electron chi connectivity index (χ4n) is 1.66. The molecule has 0 fully saturated rings. The van der Waals surface area contributed by atoms with Gasteiger partial charge in [0.05, 0.1) is 5.56 Å². The second-order valence-corrected chi connectivity index (χ2v) is 5.81. The average molecular weight is 349 g/mol. The van der Waals surface area contributed by atoms with Gasteiger partial charge in [-0.25, -0.2) is 0 Å². The minimum atomic E-state index is -4.54. The van der Waals surface area contributed by atoms with Crippen LogP contribution in [0.1, 0.15) is 20.8 Å². The summed E-state index contributed by atoms with van der Waals surface area (Å²) in [4.78, 5) is 12.7. The SMILES string of the molecule is O=C(Cc1cccs1)c1ccc(Br)cc1C(F)(F)F. The molecule has 2 rings (SSSR count). The van der Waals surface area contributed by atoms with E-state index >= 15 is 0 Å². The Kier molecular flexibility index (Phi) is 4.10. The van der Waals surface area contributed by atoms with Crippen molar-refractivity contribution in [3.63, 3.8) is 0 Å². The number of halogens is 4. The van der Waals surface area contributed by atoms with Crippen molar-refractivity contribution in [2.24, 2.45) is 0 Å². The third kappa shape index (κ3) is 3.45. The molecule has 1 aromatic heterocycles. The number of thiophene rings is 1. The van der Waals surface area contributed by atoms with Crippen LogP contribution in [0.15, 0.2) is 40.2 Å². The molecule has 0 radical (unpaired) electrons. The average Bonchev–Trinajstić information content (AvgIpc) is 2.80. The Balaban J connectivity index is 2.36. The van der Waals surface area contributed by atoms with Crippen molar-refractivity contribution in [3.05, 3.63) is 56.2 Å². The third-order valence-corrected chi connectivity index (χ3v) is 3.87. The van der Waals surface area contributed by atoms with Crippen LogP contribution in [0.4, 0.5) is 13.2 Å². The summed E-state index contributed by atoms with van der Waals surface area (Å²) in [5, 5.41) is 1.79. The number of ketones is 1. The standard InChI is InChI=1S/C13H8BrF3OS/c14-8-3-4-10(11(6-8)13(15,16)17)12(18)7-9-2-1-5-19-9/h1-6H,7H2. The van der Waals surface area contributed by atoms with Gasteiger partial charge in [0.25, 0.3) is 0 Å². The second-order valence-electron chi connectivity index (χ2n) is 3.87. The highest BCUT2D eigenvalue weighted by atomic mass is 79.9. The van der Waals surface area contributed by atoms with Crippen molar-refractivity contribution in [3.8, 4) is 0 Å². The monoisotopic (exact) mass is 348 g/mol. The minimum absolute atomic E-state index is 0.0115. The third-order valence-electron chi connectivity index (χ3n) is 2.50. The van der Waals surface area contributed by atoms with Crippen molar-refractivity contribution in [2.75, 3.05) is 0 Å². The van der Waals surface area contributed by atoms with Crippen molar-refractivity contribution in [2.45, 2.75) is 12.6 Å². The number of hydrogen-bond acceptors (Lipinski definition) is 2. The van der Waals surface area contributed by atoms with E-state index in [1.54, 1.807) is 17.5 Å². The quantitative estimate of drug-likeness (QED) is 0.717. The lowest BCUT2D eigenvalue weighted by molar-refractivity contribution is -0.137. The van der Waals surface area contributed by atoms with Gasteiger partial charge in [0.1, 0.15) is 0 Å². The molecular formula is C13H8BrF3OS. The van der Waals surface area contributed by atoms with Gasteiger partial charge in [0, 0.05) is 21.3 Å². The molecule has 0 aliphatic heterocycles. The lowest BCUT2D eigenvalue weighted by Crippen LogP contribution is -2.14. The van der Waals surface area contributed by atoms with Crippen LogP contribution in [0.25, 0.3) is 0 Å². The maximum atomic E-state index is 12.9. The zero-order chi connectivity index (χ0) is 14.0. The van der Waals surface area contributed by atoms with Gasteiger partial charge in [-0.1, -0.05) is 22.0 Å². The molecule has 1 nitrogen and oxygen atoms in total. The normalized spacial score (nSPS) is 11.6. The molecule has 0 spiro atoms. The molecule has 0 aliphatic carbocycles. The highest BCUT2D eigenvalue weighted by Crippen LogP contribution is 2.34. The molecule has 0 unspecified atom stereocenters. The zero-order valence-electron chi connectivity index (χ0n) is 9.50. The van der Waals surface area contributed by atoms with Crippen LogP contribution >= 0.6 is 27.3 Å². The summed E-state index contributed by atoms with van der Waals surface area (Å²) in [7, 11) is 0. The largest absolute Gasteiger partial charge is 0.417 e. The number of Topliss-reactive ketones (excluding diaryl/α,β-unsaturated/α-hetero) is 1. The van der Waals surface area contributed by atoms with Crippen LogP contribution < -0.4 is 0 Å². The van der Waals surface area contributed by atoms with Crippen LogP contribution in [0.2, 0.25) is 0 Å². The lowest BCUT2D eigenvalue weighted by atomic mass is 10.0. The van der Waals surface area contributed by atoms with Gasteiger partial charge in [-0.2, -0.15) is 13.2 Å². The number of carbonyl (C=O) groups excluding carboxylic acids is 1. The van der Waals surface area contributed by atoms with Crippen molar-refractivity contribution >= 4 is 33.0 Å². The van der Waals surface area contributed by atoms with E-state index in [2.05, 4.69) is 15.9 Å². The highest BCUT2D eigenvalue weighted by Gasteiger charge is 2.35. The van der Waals surface area contributed by atoms with Crippen LogP contribution in [0.5, 0.6) is 0 Å². The Labute approximate surface area is 120 Å². The molecule has 6 heteroatoms. The number of carbonyl (C=O) groups is 1. The minimum Gasteiger partial charge on any atom is -0.294 e. The van der Waals surface area contributed by atoms with Gasteiger partial charge in [-0.3, -0.25) is 4.79 Å². The lowest BCUT2D eigenvalue weighted by Gasteiger charge is -2.12. The molecule has 0 aliphatic rings. The topological polar surface area (TPSA) is 17.1 Å². The van der Waals surface area contributed by atoms with Crippen molar-refractivity contribution in [1.82, 2.24) is 0 Å². The first-order chi connectivity index (χ1) is 8.88. The molecule has 0 saturated carbocycles. The first kappa shape index (κ1) is 14.3. The zero-order valence-corrected chi connectivity index (χ0v) is 11.9. The highest BCUT2D eigenvalue weighted by molar-refractivity contribution is 9.10. The summed E-state index contributed by atoms with van der Waals surface area (Å²) < 4.78 is 39.0. The number of alkyl halides is 3. The molecule has 19 heavy (non-hydrogen) atoms. The fraction of sp³-hybridized carbons (Fsp3) is 0.154. The van der Waals surface area contributed by atoms with E-state index in [9.17, 15) is 18.0 Å². The van der Waals surface area contributed by atoms with Crippen molar-refractivity contribution < 1.29 is 18.0 Å². The molecule has 0 bridgehead atoms.